The smallest absolute Gasteiger partial charge is 0.241 e. The Morgan fingerprint density at radius 3 is 2.60 bits per heavy atom. The van der Waals surface area contributed by atoms with E-state index in [1.54, 1.807) is 0 Å². The van der Waals surface area contributed by atoms with E-state index in [2.05, 4.69) is 5.32 Å². The van der Waals surface area contributed by atoms with Crippen molar-refractivity contribution in [3.63, 3.8) is 0 Å². The highest BCUT2D eigenvalue weighted by atomic mass is 16.1. The number of hydrogen-bond donors (Lipinski definition) is 2. The summed E-state index contributed by atoms with van der Waals surface area (Å²) in [6.07, 6.45) is 6.00. The Kier molecular flexibility index (Phi) is 4.68. The van der Waals surface area contributed by atoms with E-state index in [0.29, 0.717) is 6.41 Å². The Morgan fingerprint density at radius 1 is 1.40 bits per heavy atom. The van der Waals surface area contributed by atoms with Crippen LogP contribution in [0.2, 0.25) is 0 Å². The molecule has 0 rings (SSSR count). The highest BCUT2D eigenvalue weighted by molar-refractivity contribution is 5.85. The third kappa shape index (κ3) is 6.42. The molecule has 54 valence electrons. The summed E-state index contributed by atoms with van der Waals surface area (Å²) in [6.45, 7) is 0. The molecule has 0 saturated carbocycles. The standard InChI is InChI=1S/C6H8N2O2/c7-6(10)3-1-2-4-8-5-9/h1-5H,(H2,7,10)(H,8,9)/b3-1+,4-2+. The molecule has 0 aliphatic carbocycles. The van der Waals surface area contributed by atoms with Crippen LogP contribution in [0.5, 0.6) is 0 Å². The van der Waals surface area contributed by atoms with Crippen molar-refractivity contribution in [1.82, 2.24) is 5.32 Å². The van der Waals surface area contributed by atoms with Gasteiger partial charge in [0.2, 0.25) is 12.3 Å². The predicted molar refractivity (Wildman–Crippen MR) is 36.7 cm³/mol. The lowest BCUT2D eigenvalue weighted by atomic mass is 10.4. The second kappa shape index (κ2) is 5.55. The Morgan fingerprint density at radius 2 is 2.10 bits per heavy atom. The Balaban J connectivity index is 3.51. The monoisotopic (exact) mass is 140 g/mol. The van der Waals surface area contributed by atoms with Crippen LogP contribution in [-0.2, 0) is 9.59 Å². The molecular formula is C6H8N2O2. The second-order valence-corrected chi connectivity index (χ2v) is 1.41. The van der Waals surface area contributed by atoms with Gasteiger partial charge in [-0.05, 0) is 6.08 Å². The predicted octanol–water partition coefficient (Wildman–Crippen LogP) is -0.712. The number of hydrogen-bond acceptors (Lipinski definition) is 2. The minimum atomic E-state index is -0.518. The minimum Gasteiger partial charge on any atom is -0.366 e. The van der Waals surface area contributed by atoms with E-state index in [1.807, 2.05) is 0 Å². The maximum absolute atomic E-state index is 10.0. The highest BCUT2D eigenvalue weighted by Gasteiger charge is 1.76. The molecule has 4 nitrogen and oxygen atoms in total. The lowest BCUT2D eigenvalue weighted by molar-refractivity contribution is -0.113. The molecule has 10 heavy (non-hydrogen) atoms. The van der Waals surface area contributed by atoms with Gasteiger partial charge in [0.05, 0.1) is 0 Å². The zero-order chi connectivity index (χ0) is 7.82. The molecule has 0 heterocycles. The Labute approximate surface area is 58.4 Å². The summed E-state index contributed by atoms with van der Waals surface area (Å²) < 4.78 is 0. The topological polar surface area (TPSA) is 72.2 Å². The SMILES string of the molecule is NC(=O)/C=C/C=C/NC=O. The molecular weight excluding hydrogens is 132 g/mol. The summed E-state index contributed by atoms with van der Waals surface area (Å²) in [5.74, 6) is -0.518. The van der Waals surface area contributed by atoms with Crippen LogP contribution < -0.4 is 11.1 Å². The molecule has 0 aromatic carbocycles. The highest BCUT2D eigenvalue weighted by Crippen LogP contribution is 1.71. The fourth-order valence-electron chi connectivity index (χ4n) is 0.301. The second-order valence-electron chi connectivity index (χ2n) is 1.41. The van der Waals surface area contributed by atoms with Gasteiger partial charge in [0, 0.05) is 12.3 Å². The van der Waals surface area contributed by atoms with E-state index in [1.165, 1.54) is 24.4 Å². The van der Waals surface area contributed by atoms with Crippen LogP contribution in [0.4, 0.5) is 0 Å². The van der Waals surface area contributed by atoms with Crippen molar-refractivity contribution in [2.24, 2.45) is 5.73 Å². The van der Waals surface area contributed by atoms with Crippen LogP contribution in [0.15, 0.2) is 24.4 Å². The van der Waals surface area contributed by atoms with Gasteiger partial charge in [-0.3, -0.25) is 9.59 Å². The summed E-state index contributed by atoms with van der Waals surface area (Å²) in [5.41, 5.74) is 4.76. The summed E-state index contributed by atoms with van der Waals surface area (Å²) in [4.78, 5) is 19.7. The molecule has 4 heteroatoms. The molecule has 0 atom stereocenters. The van der Waals surface area contributed by atoms with Crippen LogP contribution in [0, 0.1) is 0 Å². The summed E-state index contributed by atoms with van der Waals surface area (Å²) in [7, 11) is 0. The van der Waals surface area contributed by atoms with Crippen LogP contribution in [0.25, 0.3) is 0 Å². The van der Waals surface area contributed by atoms with Crippen molar-refractivity contribution in [2.45, 2.75) is 0 Å². The number of carbonyl (C=O) groups excluding carboxylic acids is 2. The van der Waals surface area contributed by atoms with E-state index in [0.717, 1.165) is 0 Å². The fourth-order valence-corrected chi connectivity index (χ4v) is 0.301. The van der Waals surface area contributed by atoms with Gasteiger partial charge in [0.25, 0.3) is 0 Å². The molecule has 0 spiro atoms. The third-order valence-corrected chi connectivity index (χ3v) is 0.632. The molecule has 0 unspecified atom stereocenters. The third-order valence-electron chi connectivity index (χ3n) is 0.632. The first kappa shape index (κ1) is 8.42. The molecule has 0 aromatic heterocycles. The molecule has 0 saturated heterocycles. The maximum Gasteiger partial charge on any atom is 0.241 e. The van der Waals surface area contributed by atoms with Crippen molar-refractivity contribution >= 4 is 12.3 Å². The van der Waals surface area contributed by atoms with Gasteiger partial charge < -0.3 is 11.1 Å². The number of carbonyl (C=O) groups is 2. The van der Waals surface area contributed by atoms with Gasteiger partial charge >= 0.3 is 0 Å². The number of primary amides is 1. The molecule has 0 bridgehead atoms. The summed E-state index contributed by atoms with van der Waals surface area (Å²) in [6, 6.07) is 0. The minimum absolute atomic E-state index is 0.518. The average Bonchev–Trinajstić information content (AvgIpc) is 1.87. The van der Waals surface area contributed by atoms with Gasteiger partial charge in [-0.1, -0.05) is 6.08 Å². The van der Waals surface area contributed by atoms with E-state index < -0.39 is 5.91 Å². The Bertz CT molecular complexity index is 173. The normalized spacial score (nSPS) is 10.4. The van der Waals surface area contributed by atoms with Gasteiger partial charge in [0.15, 0.2) is 0 Å². The molecule has 2 amide bonds. The lowest BCUT2D eigenvalue weighted by Gasteiger charge is -1.78. The van der Waals surface area contributed by atoms with Crippen LogP contribution in [0.1, 0.15) is 0 Å². The van der Waals surface area contributed by atoms with Gasteiger partial charge in [-0.15, -0.1) is 0 Å². The van der Waals surface area contributed by atoms with E-state index in [4.69, 9.17) is 5.73 Å². The molecule has 0 radical (unpaired) electrons. The number of amides is 2. The maximum atomic E-state index is 10.0. The van der Waals surface area contributed by atoms with Crippen LogP contribution in [0.3, 0.4) is 0 Å². The summed E-state index contributed by atoms with van der Waals surface area (Å²) >= 11 is 0. The lowest BCUT2D eigenvalue weighted by Crippen LogP contribution is -2.05. The van der Waals surface area contributed by atoms with Crippen LogP contribution >= 0.6 is 0 Å². The van der Waals surface area contributed by atoms with Crippen LogP contribution in [-0.4, -0.2) is 12.3 Å². The zero-order valence-electron chi connectivity index (χ0n) is 5.28. The molecule has 0 aromatic rings. The van der Waals surface area contributed by atoms with E-state index in [-0.39, 0.29) is 0 Å². The largest absolute Gasteiger partial charge is 0.366 e. The fraction of sp³-hybridized carbons (Fsp3) is 0. The average molecular weight is 140 g/mol. The Hall–Kier alpha value is -1.58. The van der Waals surface area contributed by atoms with E-state index >= 15 is 0 Å². The van der Waals surface area contributed by atoms with Gasteiger partial charge in [-0.25, -0.2) is 0 Å². The number of nitrogens with one attached hydrogen (secondary N) is 1. The quantitative estimate of drug-likeness (QED) is 0.307. The van der Waals surface area contributed by atoms with Crippen molar-refractivity contribution in [3.05, 3.63) is 24.4 Å². The van der Waals surface area contributed by atoms with Gasteiger partial charge in [0.1, 0.15) is 0 Å². The van der Waals surface area contributed by atoms with Gasteiger partial charge in [-0.2, -0.15) is 0 Å². The zero-order valence-corrected chi connectivity index (χ0v) is 5.28. The number of nitrogens with two attached hydrogens (primary N) is 1. The number of rotatable bonds is 4. The first-order valence-electron chi connectivity index (χ1n) is 2.59. The van der Waals surface area contributed by atoms with Crippen molar-refractivity contribution in [3.8, 4) is 0 Å². The molecule has 0 fully saturated rings. The molecule has 0 aliphatic heterocycles. The van der Waals surface area contributed by atoms with Crippen molar-refractivity contribution < 1.29 is 9.59 Å². The first-order valence-corrected chi connectivity index (χ1v) is 2.59. The van der Waals surface area contributed by atoms with E-state index in [9.17, 15) is 9.59 Å². The summed E-state index contributed by atoms with van der Waals surface area (Å²) in [5, 5.41) is 2.26. The van der Waals surface area contributed by atoms with Crippen molar-refractivity contribution in [2.75, 3.05) is 0 Å². The van der Waals surface area contributed by atoms with Crippen molar-refractivity contribution in [1.29, 1.82) is 0 Å². The molecule has 3 N–H and O–H groups in total. The first-order chi connectivity index (χ1) is 4.77. The molecule has 0 aliphatic rings. The number of allylic oxidation sites excluding steroid dienone is 2.